The minimum absolute atomic E-state index is 0.358. The maximum atomic E-state index is 3.94. The van der Waals surface area contributed by atoms with Gasteiger partial charge in [-0.15, -0.1) is 24.5 Å². The third kappa shape index (κ3) is 4.57. The average molecular weight is 296 g/mol. The molecule has 0 aliphatic heterocycles. The van der Waals surface area contributed by atoms with Gasteiger partial charge in [-0.2, -0.15) is 0 Å². The lowest BCUT2D eigenvalue weighted by molar-refractivity contribution is 0.950. The Hall–Kier alpha value is -1.86. The molecule has 1 rings (SSSR count). The van der Waals surface area contributed by atoms with Crippen LogP contribution in [0.1, 0.15) is 34.7 Å². The minimum atomic E-state index is 0.358. The molecule has 0 saturated carbocycles. The zero-order chi connectivity index (χ0) is 15.8. The lowest BCUT2D eigenvalue weighted by Gasteiger charge is -1.98. The van der Waals surface area contributed by atoms with Crippen LogP contribution in [0.4, 0.5) is 0 Å². The summed E-state index contributed by atoms with van der Waals surface area (Å²) in [5, 5.41) is 0. The van der Waals surface area contributed by atoms with E-state index in [1.54, 1.807) is 11.3 Å². The first-order chi connectivity index (χ1) is 10.1. The molecule has 0 aliphatic carbocycles. The maximum absolute atomic E-state index is 3.94. The molecule has 110 valence electrons. The number of hydrogen-bond donors (Lipinski definition) is 0. The highest BCUT2D eigenvalue weighted by Crippen LogP contribution is 2.33. The summed E-state index contributed by atoms with van der Waals surface area (Å²) in [5.74, 6) is 0.716. The molecule has 1 heteroatoms. The van der Waals surface area contributed by atoms with Gasteiger partial charge in [0, 0.05) is 9.75 Å². The normalized spacial score (nSPS) is 14.2. The van der Waals surface area contributed by atoms with E-state index in [0.717, 1.165) is 11.1 Å². The van der Waals surface area contributed by atoms with Gasteiger partial charge in [0.05, 0.1) is 0 Å². The lowest BCUT2D eigenvalue weighted by Crippen LogP contribution is -1.81. The van der Waals surface area contributed by atoms with E-state index < -0.39 is 0 Å². The molecule has 2 atom stereocenters. The van der Waals surface area contributed by atoms with Crippen molar-refractivity contribution in [2.45, 2.75) is 13.8 Å². The van der Waals surface area contributed by atoms with Gasteiger partial charge in [0.2, 0.25) is 0 Å². The first kappa shape index (κ1) is 17.2. The van der Waals surface area contributed by atoms with Crippen molar-refractivity contribution in [3.63, 3.8) is 0 Å². The molecule has 0 spiro atoms. The van der Waals surface area contributed by atoms with Crippen molar-refractivity contribution in [3.05, 3.63) is 71.5 Å². The van der Waals surface area contributed by atoms with Gasteiger partial charge in [-0.25, -0.2) is 0 Å². The molecule has 2 unspecified atom stereocenters. The molecule has 0 saturated heterocycles. The van der Waals surface area contributed by atoms with Gasteiger partial charge in [0.1, 0.15) is 0 Å². The van der Waals surface area contributed by atoms with Gasteiger partial charge < -0.3 is 0 Å². The molecule has 0 aromatic carbocycles. The fourth-order valence-corrected chi connectivity index (χ4v) is 2.93. The summed E-state index contributed by atoms with van der Waals surface area (Å²) in [5.41, 5.74) is 2.29. The summed E-state index contributed by atoms with van der Waals surface area (Å²) in [4.78, 5) is 2.42. The van der Waals surface area contributed by atoms with Crippen LogP contribution in [0, 0.1) is 11.8 Å². The summed E-state index contributed by atoms with van der Waals surface area (Å²) in [6.07, 6.45) is 16.3. The van der Waals surface area contributed by atoms with Crippen molar-refractivity contribution >= 4 is 35.6 Å². The molecule has 0 fully saturated rings. The highest BCUT2D eigenvalue weighted by atomic mass is 32.1. The summed E-state index contributed by atoms with van der Waals surface area (Å²) in [7, 11) is 0. The summed E-state index contributed by atoms with van der Waals surface area (Å²) >= 11 is 1.76. The van der Waals surface area contributed by atoms with Crippen molar-refractivity contribution < 1.29 is 0 Å². The summed E-state index contributed by atoms with van der Waals surface area (Å²) < 4.78 is 0. The Bertz CT molecular complexity index is 531. The first-order valence-electron chi connectivity index (χ1n) is 7.10. The van der Waals surface area contributed by atoms with Crippen LogP contribution in [0.25, 0.3) is 24.3 Å². The van der Waals surface area contributed by atoms with Crippen LogP contribution in [0.15, 0.2) is 50.6 Å². The van der Waals surface area contributed by atoms with Crippen molar-refractivity contribution in [1.82, 2.24) is 0 Å². The topological polar surface area (TPSA) is 0 Å². The second kappa shape index (κ2) is 8.43. The second-order valence-electron chi connectivity index (χ2n) is 4.97. The van der Waals surface area contributed by atoms with E-state index in [4.69, 9.17) is 0 Å². The molecular weight excluding hydrogens is 272 g/mol. The number of thiophene rings is 1. The number of hydrogen-bond acceptors (Lipinski definition) is 1. The monoisotopic (exact) mass is 296 g/mol. The average Bonchev–Trinajstić information content (AvgIpc) is 2.86. The van der Waals surface area contributed by atoms with Gasteiger partial charge in [-0.1, -0.05) is 63.5 Å². The number of rotatable bonds is 8. The lowest BCUT2D eigenvalue weighted by atomic mass is 10.1. The Morgan fingerprint density at radius 1 is 0.762 bits per heavy atom. The quantitative estimate of drug-likeness (QED) is 0.468. The molecule has 0 radical (unpaired) electrons. The molecule has 0 nitrogen and oxygen atoms in total. The van der Waals surface area contributed by atoms with E-state index in [1.807, 2.05) is 24.3 Å². The largest absolute Gasteiger partial charge is 0.135 e. The Balaban J connectivity index is 3.24. The first-order valence-corrected chi connectivity index (χ1v) is 7.92. The fourth-order valence-electron chi connectivity index (χ4n) is 1.80. The smallest absolute Gasteiger partial charge is 0.0352 e. The van der Waals surface area contributed by atoms with E-state index in [9.17, 15) is 0 Å². The zero-order valence-corrected chi connectivity index (χ0v) is 13.8. The third-order valence-electron chi connectivity index (χ3n) is 3.30. The van der Waals surface area contributed by atoms with Crippen molar-refractivity contribution in [1.29, 1.82) is 0 Å². The van der Waals surface area contributed by atoms with Gasteiger partial charge >= 0.3 is 0 Å². The van der Waals surface area contributed by atoms with Crippen LogP contribution in [0.5, 0.6) is 0 Å². The van der Waals surface area contributed by atoms with Gasteiger partial charge in [-0.05, 0) is 35.1 Å². The minimum Gasteiger partial charge on any atom is -0.135 e. The summed E-state index contributed by atoms with van der Waals surface area (Å²) in [6, 6.07) is 0. The van der Waals surface area contributed by atoms with Gasteiger partial charge in [-0.3, -0.25) is 0 Å². The highest BCUT2D eigenvalue weighted by molar-refractivity contribution is 7.14. The van der Waals surface area contributed by atoms with Crippen molar-refractivity contribution in [3.8, 4) is 0 Å². The molecule has 1 heterocycles. The standard InChI is InChI=1S/C20H24S/c1-7-15(5)11-13-19-17(9-3)18(10-4)20(21-19)14-12-16(6)8-2/h7-16H,1-4H2,5-6H3/b13-11-,14-12-. The SMILES string of the molecule is C=Cc1c(/C=C\C(C)C=C)sc(/C=C\C(C)C=C)c1C=C. The van der Waals surface area contributed by atoms with Crippen LogP contribution < -0.4 is 0 Å². The zero-order valence-electron chi connectivity index (χ0n) is 13.0. The van der Waals surface area contributed by atoms with Gasteiger partial charge in [0.25, 0.3) is 0 Å². The van der Waals surface area contributed by atoms with Crippen LogP contribution in [-0.2, 0) is 0 Å². The Labute approximate surface area is 133 Å². The van der Waals surface area contributed by atoms with E-state index in [2.05, 4.69) is 64.5 Å². The molecule has 0 N–H and O–H groups in total. The second-order valence-corrected chi connectivity index (χ2v) is 6.06. The molecule has 0 amide bonds. The Kier molecular flexibility index (Phi) is 6.90. The van der Waals surface area contributed by atoms with E-state index in [1.165, 1.54) is 9.75 Å². The predicted molar refractivity (Wildman–Crippen MR) is 101 cm³/mol. The Morgan fingerprint density at radius 2 is 1.14 bits per heavy atom. The third-order valence-corrected chi connectivity index (χ3v) is 4.45. The number of allylic oxidation sites excluding steroid dienone is 4. The summed E-state index contributed by atoms with van der Waals surface area (Å²) in [6.45, 7) is 19.7. The molecule has 0 bridgehead atoms. The van der Waals surface area contributed by atoms with E-state index in [0.29, 0.717) is 11.8 Å². The maximum Gasteiger partial charge on any atom is 0.0352 e. The van der Waals surface area contributed by atoms with E-state index in [-0.39, 0.29) is 0 Å². The molecule has 1 aromatic rings. The molecule has 21 heavy (non-hydrogen) atoms. The molecule has 1 aromatic heterocycles. The fraction of sp³-hybridized carbons (Fsp3) is 0.200. The van der Waals surface area contributed by atoms with Crippen LogP contribution >= 0.6 is 11.3 Å². The molecular formula is C20H24S. The van der Waals surface area contributed by atoms with Crippen LogP contribution in [0.3, 0.4) is 0 Å². The van der Waals surface area contributed by atoms with Crippen LogP contribution in [0.2, 0.25) is 0 Å². The van der Waals surface area contributed by atoms with E-state index >= 15 is 0 Å². The molecule has 0 aliphatic rings. The van der Waals surface area contributed by atoms with Crippen molar-refractivity contribution in [2.24, 2.45) is 11.8 Å². The van der Waals surface area contributed by atoms with Crippen molar-refractivity contribution in [2.75, 3.05) is 0 Å². The predicted octanol–water partition coefficient (Wildman–Crippen LogP) is 6.70. The highest BCUT2D eigenvalue weighted by Gasteiger charge is 2.10. The Morgan fingerprint density at radius 3 is 1.43 bits per heavy atom. The van der Waals surface area contributed by atoms with Gasteiger partial charge in [0.15, 0.2) is 0 Å². The van der Waals surface area contributed by atoms with Crippen LogP contribution in [-0.4, -0.2) is 0 Å².